The molecule has 3 rings (SSSR count). The summed E-state index contributed by atoms with van der Waals surface area (Å²) in [5.74, 6) is -0.902. The Morgan fingerprint density at radius 3 is 2.40 bits per heavy atom. The van der Waals surface area contributed by atoms with Gasteiger partial charge in [0.25, 0.3) is 11.8 Å². The second-order valence-electron chi connectivity index (χ2n) is 5.36. The number of amides is 2. The molecule has 0 aliphatic carbocycles. The fourth-order valence-corrected chi connectivity index (χ4v) is 3.13. The highest BCUT2D eigenvalue weighted by Crippen LogP contribution is 2.19. The number of hydrogen-bond donors (Lipinski definition) is 3. The summed E-state index contributed by atoms with van der Waals surface area (Å²) in [6.07, 6.45) is 5.29. The van der Waals surface area contributed by atoms with Gasteiger partial charge in [-0.1, -0.05) is 12.1 Å². The first-order chi connectivity index (χ1) is 12.1. The van der Waals surface area contributed by atoms with Gasteiger partial charge in [-0.25, -0.2) is 10.5 Å². The second-order valence-corrected chi connectivity index (χ2v) is 6.45. The molecule has 0 spiro atoms. The molecule has 2 amide bonds. The Labute approximate surface area is 147 Å². The van der Waals surface area contributed by atoms with E-state index < -0.39 is 5.91 Å². The van der Waals surface area contributed by atoms with Crippen LogP contribution in [-0.2, 0) is 0 Å². The van der Waals surface area contributed by atoms with Crippen molar-refractivity contribution in [3.63, 3.8) is 0 Å². The Kier molecular flexibility index (Phi) is 4.92. The van der Waals surface area contributed by atoms with Gasteiger partial charge in [-0.3, -0.25) is 14.8 Å². The molecule has 7 nitrogen and oxygen atoms in total. The van der Waals surface area contributed by atoms with E-state index >= 15 is 0 Å². The fraction of sp³-hybridized carbons (Fsp3) is 0.118. The smallest absolute Gasteiger partial charge is 0.284 e. The molecule has 0 aliphatic rings. The molecule has 25 heavy (non-hydrogen) atoms. The molecule has 0 fully saturated rings. The number of carbonyl (C=O) groups is 2. The zero-order valence-corrected chi connectivity index (χ0v) is 14.2. The van der Waals surface area contributed by atoms with Crippen LogP contribution in [0.5, 0.6) is 0 Å². The third-order valence-electron chi connectivity index (χ3n) is 3.70. The van der Waals surface area contributed by atoms with E-state index in [0.717, 1.165) is 22.6 Å². The average Bonchev–Trinajstić information content (AvgIpc) is 3.33. The predicted octanol–water partition coefficient (Wildman–Crippen LogP) is 2.54. The topological polar surface area (TPSA) is 96.3 Å². The standard InChI is InChI=1S/C17H16N4O3S/c1-11(12-2-4-13(5-3-12)21-9-8-18-10-21)19-16(22)14-6-7-15(25-14)17(23)20-24/h2-11,24H,1H3,(H,19,22)(H,20,23). The number of aromatic nitrogens is 2. The summed E-state index contributed by atoms with van der Waals surface area (Å²) >= 11 is 1.02. The van der Waals surface area contributed by atoms with Crippen molar-refractivity contribution in [1.82, 2.24) is 20.3 Å². The zero-order chi connectivity index (χ0) is 17.8. The van der Waals surface area contributed by atoms with Gasteiger partial charge in [0.05, 0.1) is 22.1 Å². The first-order valence-corrected chi connectivity index (χ1v) is 8.33. The number of nitrogens with zero attached hydrogens (tertiary/aromatic N) is 2. The maximum atomic E-state index is 12.3. The van der Waals surface area contributed by atoms with E-state index in [1.165, 1.54) is 6.07 Å². The number of imidazole rings is 1. The van der Waals surface area contributed by atoms with Crippen LogP contribution in [0.1, 0.15) is 37.9 Å². The monoisotopic (exact) mass is 356 g/mol. The number of thiophene rings is 1. The quantitative estimate of drug-likeness (QED) is 0.483. The molecule has 1 unspecified atom stereocenters. The van der Waals surface area contributed by atoms with Crippen LogP contribution in [0.3, 0.4) is 0 Å². The molecular weight excluding hydrogens is 340 g/mol. The lowest BCUT2D eigenvalue weighted by Gasteiger charge is -2.14. The molecule has 2 aromatic heterocycles. The van der Waals surface area contributed by atoms with E-state index in [4.69, 9.17) is 5.21 Å². The summed E-state index contributed by atoms with van der Waals surface area (Å²) in [5.41, 5.74) is 3.49. The first-order valence-electron chi connectivity index (χ1n) is 7.52. The van der Waals surface area contributed by atoms with Crippen molar-refractivity contribution in [2.45, 2.75) is 13.0 Å². The van der Waals surface area contributed by atoms with Crippen LogP contribution in [0.15, 0.2) is 55.1 Å². The minimum atomic E-state index is -0.632. The molecule has 0 saturated heterocycles. The van der Waals surface area contributed by atoms with Crippen LogP contribution >= 0.6 is 11.3 Å². The number of carbonyl (C=O) groups excluding carboxylic acids is 2. The minimum Gasteiger partial charge on any atom is -0.345 e. The normalized spacial score (nSPS) is 11.8. The third kappa shape index (κ3) is 3.76. The summed E-state index contributed by atoms with van der Waals surface area (Å²) in [4.78, 5) is 28.3. The Balaban J connectivity index is 1.67. The van der Waals surface area contributed by atoms with Crippen LogP contribution in [0.4, 0.5) is 0 Å². The Morgan fingerprint density at radius 1 is 1.12 bits per heavy atom. The van der Waals surface area contributed by atoms with Crippen molar-refractivity contribution in [3.05, 3.63) is 70.4 Å². The van der Waals surface area contributed by atoms with Gasteiger partial charge in [0.2, 0.25) is 0 Å². The lowest BCUT2D eigenvalue weighted by molar-refractivity contribution is 0.0711. The maximum Gasteiger partial charge on any atom is 0.284 e. The predicted molar refractivity (Wildman–Crippen MR) is 93.0 cm³/mol. The molecular formula is C17H16N4O3S. The van der Waals surface area contributed by atoms with E-state index in [9.17, 15) is 9.59 Å². The number of hydroxylamine groups is 1. The van der Waals surface area contributed by atoms with E-state index in [-0.39, 0.29) is 16.8 Å². The van der Waals surface area contributed by atoms with E-state index in [1.807, 2.05) is 42.0 Å². The molecule has 1 atom stereocenters. The molecule has 0 radical (unpaired) electrons. The molecule has 0 saturated carbocycles. The summed E-state index contributed by atoms with van der Waals surface area (Å²) in [6.45, 7) is 1.89. The van der Waals surface area contributed by atoms with Crippen LogP contribution in [0.25, 0.3) is 5.69 Å². The summed E-state index contributed by atoms with van der Waals surface area (Å²) in [7, 11) is 0. The number of hydrogen-bond acceptors (Lipinski definition) is 5. The molecule has 2 heterocycles. The van der Waals surface area contributed by atoms with Gasteiger partial charge in [0, 0.05) is 18.1 Å². The maximum absolute atomic E-state index is 12.3. The van der Waals surface area contributed by atoms with Crippen LogP contribution in [0.2, 0.25) is 0 Å². The SMILES string of the molecule is CC(NC(=O)c1ccc(C(=O)NO)s1)c1ccc(-n2ccnc2)cc1. The lowest BCUT2D eigenvalue weighted by Crippen LogP contribution is -2.25. The van der Waals surface area contributed by atoms with Gasteiger partial charge in [0.1, 0.15) is 0 Å². The largest absolute Gasteiger partial charge is 0.345 e. The fourth-order valence-electron chi connectivity index (χ4n) is 2.34. The zero-order valence-electron chi connectivity index (χ0n) is 13.3. The van der Waals surface area contributed by atoms with Gasteiger partial charge >= 0.3 is 0 Å². The molecule has 3 aromatic rings. The van der Waals surface area contributed by atoms with E-state index in [2.05, 4.69) is 10.3 Å². The highest BCUT2D eigenvalue weighted by atomic mass is 32.1. The van der Waals surface area contributed by atoms with Crippen LogP contribution < -0.4 is 10.8 Å². The molecule has 1 aromatic carbocycles. The molecule has 128 valence electrons. The van der Waals surface area contributed by atoms with Gasteiger partial charge in [0.15, 0.2) is 0 Å². The van der Waals surface area contributed by atoms with Crippen molar-refractivity contribution >= 4 is 23.2 Å². The van der Waals surface area contributed by atoms with Crippen molar-refractivity contribution in [2.24, 2.45) is 0 Å². The number of rotatable bonds is 5. The molecule has 3 N–H and O–H groups in total. The highest BCUT2D eigenvalue weighted by molar-refractivity contribution is 7.15. The third-order valence-corrected chi connectivity index (χ3v) is 4.78. The summed E-state index contributed by atoms with van der Waals surface area (Å²) in [5, 5.41) is 11.5. The van der Waals surface area contributed by atoms with Gasteiger partial charge in [-0.05, 0) is 36.8 Å². The highest BCUT2D eigenvalue weighted by Gasteiger charge is 2.16. The lowest BCUT2D eigenvalue weighted by atomic mass is 10.1. The number of nitrogens with one attached hydrogen (secondary N) is 2. The van der Waals surface area contributed by atoms with E-state index in [0.29, 0.717) is 4.88 Å². The van der Waals surface area contributed by atoms with Crippen molar-refractivity contribution in [3.8, 4) is 5.69 Å². The van der Waals surface area contributed by atoms with Crippen molar-refractivity contribution in [1.29, 1.82) is 0 Å². The second kappa shape index (κ2) is 7.29. The van der Waals surface area contributed by atoms with Crippen molar-refractivity contribution < 1.29 is 14.8 Å². The van der Waals surface area contributed by atoms with Gasteiger partial charge in [-0.2, -0.15) is 0 Å². The van der Waals surface area contributed by atoms with Crippen LogP contribution in [-0.4, -0.2) is 26.6 Å². The Hall–Kier alpha value is -2.97. The molecule has 0 bridgehead atoms. The summed E-state index contributed by atoms with van der Waals surface area (Å²) < 4.78 is 1.90. The van der Waals surface area contributed by atoms with Gasteiger partial charge in [-0.15, -0.1) is 11.3 Å². The summed E-state index contributed by atoms with van der Waals surface area (Å²) in [6, 6.07) is 10.7. The van der Waals surface area contributed by atoms with Crippen LogP contribution in [0, 0.1) is 0 Å². The Morgan fingerprint density at radius 2 is 1.80 bits per heavy atom. The molecule has 8 heteroatoms. The van der Waals surface area contributed by atoms with Gasteiger partial charge < -0.3 is 9.88 Å². The molecule has 0 aliphatic heterocycles. The first kappa shape index (κ1) is 16.9. The number of benzene rings is 1. The van der Waals surface area contributed by atoms with E-state index in [1.54, 1.807) is 24.1 Å². The minimum absolute atomic E-state index is 0.193. The Bertz CT molecular complexity index is 872. The van der Waals surface area contributed by atoms with Crippen molar-refractivity contribution in [2.75, 3.05) is 0 Å². The average molecular weight is 356 g/mol.